The topological polar surface area (TPSA) is 32.3 Å². The van der Waals surface area contributed by atoms with Gasteiger partial charge in [0.25, 0.3) is 0 Å². The molecule has 0 heterocycles. The van der Waals surface area contributed by atoms with Gasteiger partial charge in [0.15, 0.2) is 6.10 Å². The third-order valence-electron chi connectivity index (χ3n) is 2.37. The van der Waals surface area contributed by atoms with Gasteiger partial charge in [-0.1, -0.05) is 34.1 Å². The SMILES string of the molecule is C[C@H](NCC(O)C(F)(F)F)c1ccccc1Br. The lowest BCUT2D eigenvalue weighted by Gasteiger charge is -2.20. The van der Waals surface area contributed by atoms with Crippen molar-refractivity contribution < 1.29 is 18.3 Å². The van der Waals surface area contributed by atoms with Crippen molar-refractivity contribution >= 4 is 15.9 Å². The van der Waals surface area contributed by atoms with Crippen LogP contribution in [0.2, 0.25) is 0 Å². The minimum absolute atomic E-state index is 0.275. The summed E-state index contributed by atoms with van der Waals surface area (Å²) in [6, 6.07) is 6.97. The molecular formula is C11H13BrF3NO. The Morgan fingerprint density at radius 1 is 1.35 bits per heavy atom. The number of aliphatic hydroxyl groups is 1. The lowest BCUT2D eigenvalue weighted by Crippen LogP contribution is -2.39. The van der Waals surface area contributed by atoms with Crippen LogP contribution in [0.4, 0.5) is 13.2 Å². The van der Waals surface area contributed by atoms with Crippen molar-refractivity contribution in [1.82, 2.24) is 5.32 Å². The molecule has 96 valence electrons. The highest BCUT2D eigenvalue weighted by Gasteiger charge is 2.37. The second kappa shape index (κ2) is 5.84. The van der Waals surface area contributed by atoms with Gasteiger partial charge in [-0.3, -0.25) is 0 Å². The molecule has 0 aliphatic rings. The van der Waals surface area contributed by atoms with E-state index in [2.05, 4.69) is 21.2 Å². The molecule has 0 radical (unpaired) electrons. The molecule has 2 N–H and O–H groups in total. The van der Waals surface area contributed by atoms with Gasteiger partial charge in [0.2, 0.25) is 0 Å². The Kier molecular flexibility index (Phi) is 4.97. The molecule has 17 heavy (non-hydrogen) atoms. The first-order valence-electron chi connectivity index (χ1n) is 5.05. The molecule has 1 unspecified atom stereocenters. The van der Waals surface area contributed by atoms with Gasteiger partial charge < -0.3 is 10.4 Å². The van der Waals surface area contributed by atoms with E-state index >= 15 is 0 Å². The van der Waals surface area contributed by atoms with Gasteiger partial charge in [-0.25, -0.2) is 0 Å². The van der Waals surface area contributed by atoms with Crippen LogP contribution in [0.3, 0.4) is 0 Å². The smallest absolute Gasteiger partial charge is 0.382 e. The second-order valence-corrected chi connectivity index (χ2v) is 4.56. The molecule has 1 aromatic rings. The molecule has 0 aliphatic heterocycles. The van der Waals surface area contributed by atoms with Crippen LogP contribution in [-0.4, -0.2) is 23.9 Å². The molecule has 2 nitrogen and oxygen atoms in total. The van der Waals surface area contributed by atoms with E-state index in [1.165, 1.54) is 0 Å². The van der Waals surface area contributed by atoms with Crippen LogP contribution in [0, 0.1) is 0 Å². The number of halogens is 4. The van der Waals surface area contributed by atoms with Crippen molar-refractivity contribution in [3.8, 4) is 0 Å². The fourth-order valence-electron chi connectivity index (χ4n) is 1.34. The molecule has 0 saturated carbocycles. The lowest BCUT2D eigenvalue weighted by atomic mass is 10.1. The molecule has 1 rings (SSSR count). The Bertz CT molecular complexity index is 370. The van der Waals surface area contributed by atoms with Crippen molar-refractivity contribution in [2.45, 2.75) is 25.2 Å². The molecule has 1 aromatic carbocycles. The maximum absolute atomic E-state index is 12.1. The van der Waals surface area contributed by atoms with Crippen LogP contribution in [0.25, 0.3) is 0 Å². The summed E-state index contributed by atoms with van der Waals surface area (Å²) in [5.74, 6) is 0. The van der Waals surface area contributed by atoms with Crippen LogP contribution in [-0.2, 0) is 0 Å². The zero-order valence-corrected chi connectivity index (χ0v) is 10.7. The molecule has 0 spiro atoms. The molecule has 6 heteroatoms. The van der Waals surface area contributed by atoms with E-state index in [1.807, 2.05) is 18.2 Å². The van der Waals surface area contributed by atoms with Crippen LogP contribution in [0.15, 0.2) is 28.7 Å². The number of hydrogen-bond acceptors (Lipinski definition) is 2. The molecular weight excluding hydrogens is 299 g/mol. The molecule has 0 fully saturated rings. The molecule has 0 amide bonds. The monoisotopic (exact) mass is 311 g/mol. The van der Waals surface area contributed by atoms with Crippen molar-refractivity contribution in [3.63, 3.8) is 0 Å². The van der Waals surface area contributed by atoms with Gasteiger partial charge in [0.1, 0.15) is 0 Å². The Morgan fingerprint density at radius 3 is 2.47 bits per heavy atom. The summed E-state index contributed by atoms with van der Waals surface area (Å²) >= 11 is 3.32. The highest BCUT2D eigenvalue weighted by Crippen LogP contribution is 2.24. The van der Waals surface area contributed by atoms with Crippen LogP contribution < -0.4 is 5.32 Å². The number of alkyl halides is 3. The second-order valence-electron chi connectivity index (χ2n) is 3.71. The van der Waals surface area contributed by atoms with Crippen LogP contribution in [0.5, 0.6) is 0 Å². The summed E-state index contributed by atoms with van der Waals surface area (Å²) in [4.78, 5) is 0. The van der Waals surface area contributed by atoms with E-state index in [0.29, 0.717) is 0 Å². The van der Waals surface area contributed by atoms with E-state index in [1.54, 1.807) is 13.0 Å². The van der Waals surface area contributed by atoms with E-state index < -0.39 is 18.8 Å². The number of nitrogens with one attached hydrogen (secondary N) is 1. The first kappa shape index (κ1) is 14.5. The van der Waals surface area contributed by atoms with Crippen LogP contribution >= 0.6 is 15.9 Å². The Labute approximate surface area is 106 Å². The highest BCUT2D eigenvalue weighted by atomic mass is 79.9. The molecule has 0 saturated heterocycles. The standard InChI is InChI=1S/C11H13BrF3NO/c1-7(8-4-2-3-5-9(8)12)16-6-10(17)11(13,14)15/h2-5,7,10,16-17H,6H2,1H3/t7-,10?/m0/s1. The number of benzene rings is 1. The third-order valence-corrected chi connectivity index (χ3v) is 3.09. The van der Waals surface area contributed by atoms with Gasteiger partial charge >= 0.3 is 6.18 Å². The van der Waals surface area contributed by atoms with E-state index in [0.717, 1.165) is 10.0 Å². The molecule has 0 bridgehead atoms. The maximum Gasteiger partial charge on any atom is 0.415 e. The Hall–Kier alpha value is -0.590. The van der Waals surface area contributed by atoms with E-state index in [9.17, 15) is 13.2 Å². The number of hydrogen-bond donors (Lipinski definition) is 2. The highest BCUT2D eigenvalue weighted by molar-refractivity contribution is 9.10. The largest absolute Gasteiger partial charge is 0.415 e. The van der Waals surface area contributed by atoms with Gasteiger partial charge in [-0.15, -0.1) is 0 Å². The third kappa shape index (κ3) is 4.29. The predicted molar refractivity (Wildman–Crippen MR) is 62.6 cm³/mol. The molecule has 0 aromatic heterocycles. The average Bonchev–Trinajstić information content (AvgIpc) is 2.24. The zero-order chi connectivity index (χ0) is 13.1. The van der Waals surface area contributed by atoms with Gasteiger partial charge in [-0.05, 0) is 18.6 Å². The summed E-state index contributed by atoms with van der Waals surface area (Å²) in [7, 11) is 0. The minimum Gasteiger partial charge on any atom is -0.382 e. The van der Waals surface area contributed by atoms with Gasteiger partial charge in [0.05, 0.1) is 0 Å². The fourth-order valence-corrected chi connectivity index (χ4v) is 1.97. The van der Waals surface area contributed by atoms with Crippen molar-refractivity contribution in [2.24, 2.45) is 0 Å². The summed E-state index contributed by atoms with van der Waals surface area (Å²) in [5, 5.41) is 11.5. The number of rotatable bonds is 4. The van der Waals surface area contributed by atoms with Crippen molar-refractivity contribution in [1.29, 1.82) is 0 Å². The summed E-state index contributed by atoms with van der Waals surface area (Å²) in [6.45, 7) is 1.22. The summed E-state index contributed by atoms with van der Waals surface area (Å²) in [6.07, 6.45) is -6.92. The quantitative estimate of drug-likeness (QED) is 0.896. The summed E-state index contributed by atoms with van der Waals surface area (Å²) < 4.78 is 37.1. The van der Waals surface area contributed by atoms with Crippen molar-refractivity contribution in [2.75, 3.05) is 6.54 Å². The van der Waals surface area contributed by atoms with Gasteiger partial charge in [-0.2, -0.15) is 13.2 Å². The van der Waals surface area contributed by atoms with E-state index in [-0.39, 0.29) is 6.04 Å². The van der Waals surface area contributed by atoms with E-state index in [4.69, 9.17) is 5.11 Å². The Morgan fingerprint density at radius 2 is 1.94 bits per heavy atom. The van der Waals surface area contributed by atoms with Gasteiger partial charge in [0, 0.05) is 17.1 Å². The zero-order valence-electron chi connectivity index (χ0n) is 9.13. The molecule has 0 aliphatic carbocycles. The Balaban J connectivity index is 2.57. The van der Waals surface area contributed by atoms with Crippen LogP contribution in [0.1, 0.15) is 18.5 Å². The normalized spacial score (nSPS) is 15.6. The summed E-state index contributed by atoms with van der Waals surface area (Å²) in [5.41, 5.74) is 0.849. The minimum atomic E-state index is -4.58. The lowest BCUT2D eigenvalue weighted by molar-refractivity contribution is -0.202. The van der Waals surface area contributed by atoms with Crippen molar-refractivity contribution in [3.05, 3.63) is 34.3 Å². The fraction of sp³-hybridized carbons (Fsp3) is 0.455. The predicted octanol–water partition coefficient (Wildman–Crippen LogP) is 3.02. The maximum atomic E-state index is 12.1. The number of aliphatic hydroxyl groups excluding tert-OH is 1. The molecule has 2 atom stereocenters. The first-order chi connectivity index (χ1) is 7.82. The first-order valence-corrected chi connectivity index (χ1v) is 5.84. The average molecular weight is 312 g/mol.